The minimum atomic E-state index is -1.39. The first kappa shape index (κ1) is 53.8. The third-order valence-electron chi connectivity index (χ3n) is 10.0. The second-order valence-corrected chi connectivity index (χ2v) is 15.5. The Morgan fingerprint density at radius 1 is 0.526 bits per heavy atom. The molecule has 0 bridgehead atoms. The van der Waals surface area contributed by atoms with Crippen LogP contribution in [0.5, 0.6) is 0 Å². The van der Waals surface area contributed by atoms with E-state index in [0.29, 0.717) is 12.8 Å². The molecule has 0 rings (SSSR count). The molecule has 57 heavy (non-hydrogen) atoms. The van der Waals surface area contributed by atoms with E-state index in [-0.39, 0.29) is 30.9 Å². The molecule has 0 heterocycles. The Balaban J connectivity index is 4.41. The van der Waals surface area contributed by atoms with Crippen LogP contribution >= 0.6 is 0 Å². The average Bonchev–Trinajstić information content (AvgIpc) is 3.20. The molecule has 328 valence electrons. The number of amides is 2. The van der Waals surface area contributed by atoms with Gasteiger partial charge in [0.15, 0.2) is 0 Å². The lowest BCUT2D eigenvalue weighted by atomic mass is 10.0. The highest BCUT2D eigenvalue weighted by atomic mass is 16.5. The minimum absolute atomic E-state index is 0.0445. The highest BCUT2D eigenvalue weighted by Crippen LogP contribution is 2.18. The Morgan fingerprint density at radius 2 is 0.965 bits per heavy atom. The van der Waals surface area contributed by atoms with E-state index in [0.717, 1.165) is 103 Å². The molecule has 0 aromatic rings. The Bertz CT molecular complexity index is 1100. The average molecular weight is 801 g/mol. The second-order valence-electron chi connectivity index (χ2n) is 15.5. The second kappa shape index (κ2) is 42.4. The summed E-state index contributed by atoms with van der Waals surface area (Å²) in [5, 5.41) is 22.6. The van der Waals surface area contributed by atoms with Crippen LogP contribution in [0.3, 0.4) is 0 Å². The largest absolute Gasteiger partial charge is 0.480 e. The number of aliphatic hydroxyl groups excluding tert-OH is 1. The number of nitrogens with one attached hydrogen (secondary N) is 2. The van der Waals surface area contributed by atoms with E-state index in [1.807, 2.05) is 0 Å². The van der Waals surface area contributed by atoms with Gasteiger partial charge in [0, 0.05) is 12.8 Å². The van der Waals surface area contributed by atoms with Crippen LogP contribution in [0.1, 0.15) is 206 Å². The normalized spacial score (nSPS) is 12.9. The Morgan fingerprint density at radius 3 is 1.47 bits per heavy atom. The minimum Gasteiger partial charge on any atom is -0.480 e. The first-order valence-corrected chi connectivity index (χ1v) is 23.0. The van der Waals surface area contributed by atoms with Crippen LogP contribution in [0.15, 0.2) is 48.6 Å². The van der Waals surface area contributed by atoms with E-state index >= 15 is 0 Å². The van der Waals surface area contributed by atoms with Gasteiger partial charge in [-0.05, 0) is 96.3 Å². The van der Waals surface area contributed by atoms with Crippen LogP contribution in [0, 0.1) is 0 Å². The molecule has 0 radical (unpaired) electrons. The first-order valence-electron chi connectivity index (χ1n) is 23.0. The van der Waals surface area contributed by atoms with Gasteiger partial charge in [0.25, 0.3) is 0 Å². The van der Waals surface area contributed by atoms with Crippen molar-refractivity contribution < 1.29 is 34.1 Å². The molecule has 0 aliphatic rings. The van der Waals surface area contributed by atoms with Crippen molar-refractivity contribution in [3.8, 4) is 0 Å². The molecule has 4 N–H and O–H groups in total. The van der Waals surface area contributed by atoms with E-state index < -0.39 is 24.5 Å². The van der Waals surface area contributed by atoms with Crippen LogP contribution in [0.4, 0.5) is 0 Å². The summed E-state index contributed by atoms with van der Waals surface area (Å²) in [5.74, 6) is -2.33. The van der Waals surface area contributed by atoms with E-state index in [1.165, 1.54) is 70.6 Å². The molecule has 0 spiro atoms. The van der Waals surface area contributed by atoms with Crippen molar-refractivity contribution in [2.75, 3.05) is 13.2 Å². The number of hydrogen-bond donors (Lipinski definition) is 4. The van der Waals surface area contributed by atoms with Gasteiger partial charge in [0.1, 0.15) is 12.1 Å². The maximum Gasteiger partial charge on any atom is 0.328 e. The van der Waals surface area contributed by atoms with E-state index in [2.05, 4.69) is 73.1 Å². The van der Waals surface area contributed by atoms with Gasteiger partial charge in [-0.3, -0.25) is 14.4 Å². The lowest BCUT2D eigenvalue weighted by Crippen LogP contribution is -2.47. The van der Waals surface area contributed by atoms with Crippen LogP contribution in [-0.4, -0.2) is 59.3 Å². The summed E-state index contributed by atoms with van der Waals surface area (Å²) >= 11 is 0. The van der Waals surface area contributed by atoms with Gasteiger partial charge >= 0.3 is 11.9 Å². The van der Waals surface area contributed by atoms with Crippen LogP contribution in [0.2, 0.25) is 0 Å². The maximum atomic E-state index is 12.8. The first-order chi connectivity index (χ1) is 27.8. The van der Waals surface area contributed by atoms with Crippen molar-refractivity contribution in [2.24, 2.45) is 0 Å². The smallest absolute Gasteiger partial charge is 0.328 e. The summed E-state index contributed by atoms with van der Waals surface area (Å²) in [7, 11) is 0. The van der Waals surface area contributed by atoms with Gasteiger partial charge in [-0.1, -0.05) is 146 Å². The molecule has 9 heteroatoms. The van der Waals surface area contributed by atoms with E-state index in [9.17, 15) is 19.2 Å². The molecular formula is C48H84N2O7. The number of unbranched alkanes of at least 4 members (excludes halogenated alkanes) is 19. The SMILES string of the molecule is CCCC/C=C\C/C=C\CCCCCCCC(=O)OC(CCCCC/C=C\C/C=C\CCCCCCC)CCCCCCCC(=O)NCC(=O)NC(CO)C(=O)O. The quantitative estimate of drug-likeness (QED) is 0.0274. The summed E-state index contributed by atoms with van der Waals surface area (Å²) in [5.41, 5.74) is 0. The fourth-order valence-electron chi connectivity index (χ4n) is 6.47. The molecule has 2 atom stereocenters. The van der Waals surface area contributed by atoms with Crippen LogP contribution in [-0.2, 0) is 23.9 Å². The van der Waals surface area contributed by atoms with Gasteiger partial charge < -0.3 is 25.6 Å². The van der Waals surface area contributed by atoms with Crippen molar-refractivity contribution in [3.05, 3.63) is 48.6 Å². The van der Waals surface area contributed by atoms with Gasteiger partial charge in [0.2, 0.25) is 11.8 Å². The predicted molar refractivity (Wildman–Crippen MR) is 236 cm³/mol. The summed E-state index contributed by atoms with van der Waals surface area (Å²) in [6.07, 6.45) is 49.9. The molecule has 0 saturated heterocycles. The molecule has 0 aromatic heterocycles. The number of aliphatic hydroxyl groups is 1. The number of carbonyl (C=O) groups is 4. The summed E-state index contributed by atoms with van der Waals surface area (Å²) in [4.78, 5) is 47.6. The fourth-order valence-corrected chi connectivity index (χ4v) is 6.47. The third-order valence-corrected chi connectivity index (χ3v) is 10.0. The summed E-state index contributed by atoms with van der Waals surface area (Å²) in [6.45, 7) is 3.43. The van der Waals surface area contributed by atoms with Gasteiger partial charge in [-0.2, -0.15) is 0 Å². The lowest BCUT2D eigenvalue weighted by Gasteiger charge is -2.18. The van der Waals surface area contributed by atoms with E-state index in [1.54, 1.807) is 0 Å². The van der Waals surface area contributed by atoms with Gasteiger partial charge in [-0.25, -0.2) is 4.79 Å². The van der Waals surface area contributed by atoms with Crippen molar-refractivity contribution in [1.82, 2.24) is 10.6 Å². The molecular weight excluding hydrogens is 717 g/mol. The Kier molecular flexibility index (Phi) is 40.0. The predicted octanol–water partition coefficient (Wildman–Crippen LogP) is 11.5. The third kappa shape index (κ3) is 39.4. The van der Waals surface area contributed by atoms with E-state index in [4.69, 9.17) is 14.9 Å². The molecule has 0 aliphatic carbocycles. The number of aliphatic carboxylic acids is 1. The molecule has 0 saturated carbocycles. The monoisotopic (exact) mass is 801 g/mol. The zero-order chi connectivity index (χ0) is 41.9. The van der Waals surface area contributed by atoms with Crippen LogP contribution in [0.25, 0.3) is 0 Å². The number of ether oxygens (including phenoxy) is 1. The molecule has 2 unspecified atom stereocenters. The topological polar surface area (TPSA) is 142 Å². The fraction of sp³-hybridized carbons (Fsp3) is 0.750. The van der Waals surface area contributed by atoms with Crippen molar-refractivity contribution in [3.63, 3.8) is 0 Å². The number of carboxylic acids is 1. The summed E-state index contributed by atoms with van der Waals surface area (Å²) < 4.78 is 6.03. The standard InChI is InChI=1S/C48H84N2O7/c1-3-5-7-9-11-13-15-17-19-20-22-24-26-29-33-37-43(57-47(54)40-36-32-27-25-23-21-18-16-14-12-10-8-6-4-2)38-34-30-28-31-35-39-45(52)49-41-46(53)50-44(42-51)48(55)56/h10,12,15-18,20,22,43-44,51H,3-9,11,13-14,19,21,23-42H2,1-2H3,(H,49,52)(H,50,53)(H,55,56)/b12-10-,17-15-,18-16-,22-20-. The number of esters is 1. The summed E-state index contributed by atoms with van der Waals surface area (Å²) in [6, 6.07) is -1.39. The Labute approximate surface area is 348 Å². The number of rotatable bonds is 41. The van der Waals surface area contributed by atoms with Crippen molar-refractivity contribution >= 4 is 23.8 Å². The highest BCUT2D eigenvalue weighted by Gasteiger charge is 2.19. The van der Waals surface area contributed by atoms with Crippen molar-refractivity contribution in [1.29, 1.82) is 0 Å². The molecule has 9 nitrogen and oxygen atoms in total. The van der Waals surface area contributed by atoms with Gasteiger partial charge in [0.05, 0.1) is 13.2 Å². The number of carbonyl (C=O) groups excluding carboxylic acids is 3. The highest BCUT2D eigenvalue weighted by molar-refractivity contribution is 5.87. The zero-order valence-electron chi connectivity index (χ0n) is 36.3. The molecule has 0 fully saturated rings. The lowest BCUT2D eigenvalue weighted by molar-refractivity contribution is -0.150. The maximum absolute atomic E-state index is 12.8. The number of carboxylic acid groups (broad SMARTS) is 1. The number of allylic oxidation sites excluding steroid dienone is 8. The zero-order valence-corrected chi connectivity index (χ0v) is 36.3. The number of hydrogen-bond acceptors (Lipinski definition) is 6. The molecule has 0 aromatic carbocycles. The van der Waals surface area contributed by atoms with Gasteiger partial charge in [-0.15, -0.1) is 0 Å². The van der Waals surface area contributed by atoms with Crippen LogP contribution < -0.4 is 10.6 Å². The Hall–Kier alpha value is -3.20. The van der Waals surface area contributed by atoms with Crippen molar-refractivity contribution in [2.45, 2.75) is 219 Å². The molecule has 2 amide bonds. The molecule has 0 aliphatic heterocycles.